The number of likely N-dealkylation sites (N-methyl/N-ethyl adjacent to an activating group) is 1. The maximum Gasteiger partial charge on any atom is 0.337 e. The number of hydrogen-bond acceptors (Lipinski definition) is 8. The molecule has 1 aliphatic heterocycles. The van der Waals surface area contributed by atoms with Crippen molar-refractivity contribution in [2.45, 2.75) is 23.8 Å². The molecule has 9 nitrogen and oxygen atoms in total. The molecule has 1 aromatic heterocycles. The molecule has 1 amide bonds. The number of carbonyl (C=O) groups excluding carboxylic acids is 2. The second-order valence-electron chi connectivity index (χ2n) is 8.01. The Morgan fingerprint density at radius 2 is 1.83 bits per heavy atom. The van der Waals surface area contributed by atoms with Crippen molar-refractivity contribution in [3.8, 4) is 11.3 Å². The standard InChI is InChI=1S/C24H25N3O6S2/c1-27(14-19-4-3-13-33-19)35(30,31)20-11-9-17(10-12-20)22(28)26-24-25-21(15-34-24)16-5-7-18(8-6-16)23(29)32-2/h5-12,15,19H,3-4,13-14H2,1-2H3,(H,25,26,28). The van der Waals surface area contributed by atoms with Crippen molar-refractivity contribution >= 4 is 38.4 Å². The SMILES string of the molecule is COC(=O)c1ccc(-c2csc(NC(=O)c3ccc(S(=O)(=O)N(C)CC4CCCO4)cc3)n2)cc1. The number of sulfonamides is 1. The molecule has 0 spiro atoms. The number of thiazole rings is 1. The zero-order valence-electron chi connectivity index (χ0n) is 19.3. The summed E-state index contributed by atoms with van der Waals surface area (Å²) < 4.78 is 37.2. The lowest BCUT2D eigenvalue weighted by Gasteiger charge is -2.20. The minimum atomic E-state index is -3.68. The van der Waals surface area contributed by atoms with Crippen molar-refractivity contribution in [3.05, 3.63) is 65.0 Å². The number of esters is 1. The Balaban J connectivity index is 1.40. The van der Waals surface area contributed by atoms with Gasteiger partial charge in [-0.05, 0) is 49.2 Å². The number of nitrogens with one attached hydrogen (secondary N) is 1. The van der Waals surface area contributed by atoms with Gasteiger partial charge < -0.3 is 9.47 Å². The molecule has 11 heteroatoms. The molecule has 0 aliphatic carbocycles. The summed E-state index contributed by atoms with van der Waals surface area (Å²) >= 11 is 1.26. The van der Waals surface area contributed by atoms with Gasteiger partial charge in [0, 0.05) is 36.7 Å². The molecule has 1 fully saturated rings. The number of aromatic nitrogens is 1. The van der Waals surface area contributed by atoms with Crippen LogP contribution in [0.3, 0.4) is 0 Å². The number of anilines is 1. The lowest BCUT2D eigenvalue weighted by molar-refractivity contribution is 0.0600. The zero-order chi connectivity index (χ0) is 25.0. The Morgan fingerprint density at radius 3 is 2.46 bits per heavy atom. The van der Waals surface area contributed by atoms with E-state index in [0.717, 1.165) is 18.4 Å². The van der Waals surface area contributed by atoms with Crippen LogP contribution in [0.4, 0.5) is 5.13 Å². The van der Waals surface area contributed by atoms with Gasteiger partial charge in [0.1, 0.15) is 0 Å². The van der Waals surface area contributed by atoms with Gasteiger partial charge in [0.25, 0.3) is 5.91 Å². The number of ether oxygens (including phenoxy) is 2. The van der Waals surface area contributed by atoms with Crippen molar-refractivity contribution in [2.75, 3.05) is 32.6 Å². The average molecular weight is 516 g/mol. The fourth-order valence-corrected chi connectivity index (χ4v) is 5.58. The summed E-state index contributed by atoms with van der Waals surface area (Å²) in [6.07, 6.45) is 1.69. The predicted molar refractivity (Wildman–Crippen MR) is 132 cm³/mol. The van der Waals surface area contributed by atoms with Gasteiger partial charge in [-0.3, -0.25) is 10.1 Å². The van der Waals surface area contributed by atoms with Crippen LogP contribution >= 0.6 is 11.3 Å². The van der Waals surface area contributed by atoms with Crippen molar-refractivity contribution in [3.63, 3.8) is 0 Å². The number of benzene rings is 2. The van der Waals surface area contributed by atoms with Crippen LogP contribution in [0.2, 0.25) is 0 Å². The van der Waals surface area contributed by atoms with Crippen LogP contribution in [-0.2, 0) is 19.5 Å². The van der Waals surface area contributed by atoms with E-state index >= 15 is 0 Å². The molecule has 1 atom stereocenters. The molecule has 1 aliphatic rings. The first-order chi connectivity index (χ1) is 16.8. The molecule has 35 heavy (non-hydrogen) atoms. The molecule has 0 saturated carbocycles. The molecule has 3 aromatic rings. The monoisotopic (exact) mass is 515 g/mol. The Kier molecular flexibility index (Phi) is 7.60. The van der Waals surface area contributed by atoms with Crippen LogP contribution < -0.4 is 5.32 Å². The molecule has 0 bridgehead atoms. The van der Waals surface area contributed by atoms with E-state index in [4.69, 9.17) is 9.47 Å². The Hall–Kier alpha value is -3.12. The summed E-state index contributed by atoms with van der Waals surface area (Å²) in [5.41, 5.74) is 2.18. The second kappa shape index (κ2) is 10.6. The van der Waals surface area contributed by atoms with Crippen LogP contribution in [0.5, 0.6) is 0 Å². The smallest absolute Gasteiger partial charge is 0.337 e. The highest BCUT2D eigenvalue weighted by Gasteiger charge is 2.26. The van der Waals surface area contributed by atoms with Crippen LogP contribution in [-0.4, -0.2) is 63.0 Å². The molecule has 1 N–H and O–H groups in total. The topological polar surface area (TPSA) is 115 Å². The predicted octanol–water partition coefficient (Wildman–Crippen LogP) is 3.65. The van der Waals surface area contributed by atoms with E-state index in [1.165, 1.54) is 54.1 Å². The Bertz CT molecular complexity index is 1300. The molecule has 4 rings (SSSR count). The molecule has 184 valence electrons. The third kappa shape index (κ3) is 5.76. The number of carbonyl (C=O) groups is 2. The Morgan fingerprint density at radius 1 is 1.14 bits per heavy atom. The average Bonchev–Trinajstić information content (AvgIpc) is 3.56. The minimum Gasteiger partial charge on any atom is -0.465 e. The minimum absolute atomic E-state index is 0.0891. The van der Waals surface area contributed by atoms with E-state index in [1.807, 2.05) is 0 Å². The van der Waals surface area contributed by atoms with Gasteiger partial charge >= 0.3 is 5.97 Å². The van der Waals surface area contributed by atoms with E-state index < -0.39 is 21.9 Å². The lowest BCUT2D eigenvalue weighted by Crippen LogP contribution is -2.34. The summed E-state index contributed by atoms with van der Waals surface area (Å²) in [6.45, 7) is 0.951. The van der Waals surface area contributed by atoms with Crippen molar-refractivity contribution in [1.29, 1.82) is 0 Å². The third-order valence-corrected chi connectivity index (χ3v) is 8.23. The maximum atomic E-state index is 12.8. The van der Waals surface area contributed by atoms with Gasteiger partial charge in [0.05, 0.1) is 29.4 Å². The van der Waals surface area contributed by atoms with E-state index in [-0.39, 0.29) is 11.0 Å². The summed E-state index contributed by atoms with van der Waals surface area (Å²) in [6, 6.07) is 12.6. The van der Waals surface area contributed by atoms with Gasteiger partial charge in [-0.1, -0.05) is 12.1 Å². The summed E-state index contributed by atoms with van der Waals surface area (Å²) in [4.78, 5) is 28.8. The number of nitrogens with zero attached hydrogens (tertiary/aromatic N) is 2. The normalized spacial score (nSPS) is 15.8. The fourth-order valence-electron chi connectivity index (χ4n) is 3.66. The third-order valence-electron chi connectivity index (χ3n) is 5.64. The van der Waals surface area contributed by atoms with Gasteiger partial charge in [0.15, 0.2) is 5.13 Å². The summed E-state index contributed by atoms with van der Waals surface area (Å²) in [5.74, 6) is -0.820. The quantitative estimate of drug-likeness (QED) is 0.456. The number of methoxy groups -OCH3 is 1. The molecule has 2 aromatic carbocycles. The van der Waals surface area contributed by atoms with E-state index in [9.17, 15) is 18.0 Å². The number of rotatable bonds is 8. The molecular formula is C24H25N3O6S2. The first-order valence-corrected chi connectivity index (χ1v) is 13.2. The van der Waals surface area contributed by atoms with Gasteiger partial charge in [-0.25, -0.2) is 18.2 Å². The van der Waals surface area contributed by atoms with E-state index in [2.05, 4.69) is 10.3 Å². The van der Waals surface area contributed by atoms with E-state index in [1.54, 1.807) is 29.6 Å². The molecule has 2 heterocycles. The highest BCUT2D eigenvalue weighted by atomic mass is 32.2. The van der Waals surface area contributed by atoms with Crippen LogP contribution in [0, 0.1) is 0 Å². The first kappa shape index (κ1) is 25.0. The van der Waals surface area contributed by atoms with Crippen molar-refractivity contribution < 1.29 is 27.5 Å². The van der Waals surface area contributed by atoms with Crippen LogP contribution in [0.25, 0.3) is 11.3 Å². The van der Waals surface area contributed by atoms with Crippen LogP contribution in [0.15, 0.2) is 58.8 Å². The summed E-state index contributed by atoms with van der Waals surface area (Å²) in [5, 5.41) is 4.93. The van der Waals surface area contributed by atoms with Gasteiger partial charge in [-0.2, -0.15) is 4.31 Å². The highest BCUT2D eigenvalue weighted by Crippen LogP contribution is 2.26. The van der Waals surface area contributed by atoms with E-state index in [0.29, 0.717) is 35.1 Å². The second-order valence-corrected chi connectivity index (χ2v) is 10.9. The largest absolute Gasteiger partial charge is 0.465 e. The highest BCUT2D eigenvalue weighted by molar-refractivity contribution is 7.89. The van der Waals surface area contributed by atoms with Gasteiger partial charge in [0.2, 0.25) is 10.0 Å². The maximum absolute atomic E-state index is 12.8. The van der Waals surface area contributed by atoms with Crippen molar-refractivity contribution in [2.24, 2.45) is 0 Å². The van der Waals surface area contributed by atoms with Crippen LogP contribution in [0.1, 0.15) is 33.6 Å². The fraction of sp³-hybridized carbons (Fsp3) is 0.292. The van der Waals surface area contributed by atoms with Crippen molar-refractivity contribution in [1.82, 2.24) is 9.29 Å². The zero-order valence-corrected chi connectivity index (χ0v) is 20.9. The molecular weight excluding hydrogens is 490 g/mol. The first-order valence-electron chi connectivity index (χ1n) is 10.9. The number of hydrogen-bond donors (Lipinski definition) is 1. The molecule has 1 saturated heterocycles. The lowest BCUT2D eigenvalue weighted by atomic mass is 10.1. The molecule has 1 unspecified atom stereocenters. The molecule has 0 radical (unpaired) electrons. The number of amides is 1. The van der Waals surface area contributed by atoms with Gasteiger partial charge in [-0.15, -0.1) is 11.3 Å². The summed E-state index contributed by atoms with van der Waals surface area (Å²) in [7, 11) is -0.832. The Labute approximate surface area is 207 Å².